The second-order valence-electron chi connectivity index (χ2n) is 5.11. The number of hydrogen-bond acceptors (Lipinski definition) is 4. The van der Waals surface area contributed by atoms with E-state index < -0.39 is 10.1 Å². The summed E-state index contributed by atoms with van der Waals surface area (Å²) >= 11 is 5.76. The van der Waals surface area contributed by atoms with Crippen LogP contribution in [0.1, 0.15) is 18.1 Å². The Morgan fingerprint density at radius 1 is 1.09 bits per heavy atom. The van der Waals surface area contributed by atoms with Gasteiger partial charge in [0.1, 0.15) is 10.6 Å². The number of nitrogens with one attached hydrogen (secondary N) is 1. The van der Waals surface area contributed by atoms with Gasteiger partial charge in [0.25, 0.3) is 0 Å². The molecule has 0 aromatic heterocycles. The molecule has 0 saturated carbocycles. The SMILES string of the molecule is CC(=O)Nc1cc(C)c(OS(=O)(=O)c2ccc(Cl)cc2)c(C)c1. The van der Waals surface area contributed by atoms with Crippen molar-refractivity contribution >= 4 is 33.3 Å². The summed E-state index contributed by atoms with van der Waals surface area (Å²) in [4.78, 5) is 11.1. The Hall–Kier alpha value is -2.05. The van der Waals surface area contributed by atoms with E-state index in [2.05, 4.69) is 5.32 Å². The number of carbonyl (C=O) groups is 1. The lowest BCUT2D eigenvalue weighted by Gasteiger charge is -2.14. The maximum atomic E-state index is 12.3. The van der Waals surface area contributed by atoms with Gasteiger partial charge in [-0.3, -0.25) is 4.79 Å². The van der Waals surface area contributed by atoms with Crippen molar-refractivity contribution in [3.63, 3.8) is 0 Å². The van der Waals surface area contributed by atoms with Crippen molar-refractivity contribution in [3.8, 4) is 5.75 Å². The summed E-state index contributed by atoms with van der Waals surface area (Å²) < 4.78 is 30.0. The number of rotatable bonds is 4. The number of aryl methyl sites for hydroxylation is 2. The number of hydrogen-bond donors (Lipinski definition) is 1. The highest BCUT2D eigenvalue weighted by molar-refractivity contribution is 7.87. The molecule has 0 bridgehead atoms. The largest absolute Gasteiger partial charge is 0.378 e. The zero-order valence-electron chi connectivity index (χ0n) is 12.9. The van der Waals surface area contributed by atoms with E-state index in [1.807, 2.05) is 0 Å². The molecular formula is C16H16ClNO4S. The Balaban J connectivity index is 2.36. The molecule has 7 heteroatoms. The van der Waals surface area contributed by atoms with Crippen molar-refractivity contribution in [1.29, 1.82) is 0 Å². The Morgan fingerprint density at radius 3 is 2.09 bits per heavy atom. The summed E-state index contributed by atoms with van der Waals surface area (Å²) in [5.74, 6) is 0.0420. The average Bonchev–Trinajstić information content (AvgIpc) is 2.43. The molecule has 0 saturated heterocycles. The molecule has 1 N–H and O–H groups in total. The number of anilines is 1. The maximum Gasteiger partial charge on any atom is 0.339 e. The van der Waals surface area contributed by atoms with Gasteiger partial charge >= 0.3 is 10.1 Å². The van der Waals surface area contributed by atoms with Gasteiger partial charge in [-0.2, -0.15) is 8.42 Å². The first-order valence-electron chi connectivity index (χ1n) is 6.78. The van der Waals surface area contributed by atoms with Crippen molar-refractivity contribution in [2.75, 3.05) is 5.32 Å². The van der Waals surface area contributed by atoms with Crippen molar-refractivity contribution in [1.82, 2.24) is 0 Å². The molecule has 0 spiro atoms. The molecule has 0 aliphatic heterocycles. The summed E-state index contributed by atoms with van der Waals surface area (Å²) in [5.41, 5.74) is 1.79. The lowest BCUT2D eigenvalue weighted by Crippen LogP contribution is -2.12. The predicted molar refractivity (Wildman–Crippen MR) is 89.5 cm³/mol. The van der Waals surface area contributed by atoms with E-state index in [0.29, 0.717) is 21.8 Å². The topological polar surface area (TPSA) is 72.5 Å². The third-order valence-corrected chi connectivity index (χ3v) is 4.56. The Kier molecular flexibility index (Phi) is 4.97. The number of halogens is 1. The van der Waals surface area contributed by atoms with Crippen LogP contribution < -0.4 is 9.50 Å². The molecule has 0 heterocycles. The molecule has 0 fully saturated rings. The first kappa shape index (κ1) is 17.3. The minimum Gasteiger partial charge on any atom is -0.378 e. The maximum absolute atomic E-state index is 12.3. The second-order valence-corrected chi connectivity index (χ2v) is 7.09. The summed E-state index contributed by atoms with van der Waals surface area (Å²) in [7, 11) is -3.96. The zero-order chi connectivity index (χ0) is 17.2. The van der Waals surface area contributed by atoms with Crippen LogP contribution in [0.25, 0.3) is 0 Å². The molecule has 23 heavy (non-hydrogen) atoms. The predicted octanol–water partition coefficient (Wildman–Crippen LogP) is 3.68. The van der Waals surface area contributed by atoms with Crippen molar-refractivity contribution in [3.05, 3.63) is 52.5 Å². The van der Waals surface area contributed by atoms with E-state index in [-0.39, 0.29) is 16.6 Å². The molecule has 2 aromatic rings. The van der Waals surface area contributed by atoms with Gasteiger partial charge < -0.3 is 9.50 Å². The standard InChI is InChI=1S/C16H16ClNO4S/c1-10-8-14(18-12(3)19)9-11(2)16(10)22-23(20,21)15-6-4-13(17)5-7-15/h4-9H,1-3H3,(H,18,19). The quantitative estimate of drug-likeness (QED) is 0.851. The van der Waals surface area contributed by atoms with E-state index >= 15 is 0 Å². The molecule has 5 nitrogen and oxygen atoms in total. The molecule has 0 aliphatic carbocycles. The van der Waals surface area contributed by atoms with E-state index in [1.165, 1.54) is 31.2 Å². The highest BCUT2D eigenvalue weighted by Crippen LogP contribution is 2.30. The van der Waals surface area contributed by atoms with Gasteiger partial charge in [-0.15, -0.1) is 0 Å². The van der Waals surface area contributed by atoms with Crippen LogP contribution >= 0.6 is 11.6 Å². The third-order valence-electron chi connectivity index (χ3n) is 3.08. The molecule has 1 amide bonds. The second kappa shape index (κ2) is 6.60. The van der Waals surface area contributed by atoms with Crippen LogP contribution in [0.4, 0.5) is 5.69 Å². The molecule has 0 aliphatic rings. The van der Waals surface area contributed by atoms with Crippen LogP contribution in [0.15, 0.2) is 41.3 Å². The molecule has 2 rings (SSSR count). The van der Waals surface area contributed by atoms with E-state index in [0.717, 1.165) is 0 Å². The highest BCUT2D eigenvalue weighted by atomic mass is 35.5. The summed E-state index contributed by atoms with van der Waals surface area (Å²) in [6, 6.07) is 9.04. The minimum absolute atomic E-state index is 0.0200. The van der Waals surface area contributed by atoms with Gasteiger partial charge in [-0.1, -0.05) is 11.6 Å². The van der Waals surface area contributed by atoms with Gasteiger partial charge in [0.05, 0.1) is 0 Å². The van der Waals surface area contributed by atoms with Crippen molar-refractivity contribution < 1.29 is 17.4 Å². The fourth-order valence-corrected chi connectivity index (χ4v) is 3.29. The van der Waals surface area contributed by atoms with Crippen molar-refractivity contribution in [2.45, 2.75) is 25.7 Å². The van der Waals surface area contributed by atoms with E-state index in [1.54, 1.807) is 26.0 Å². The fourth-order valence-electron chi connectivity index (χ4n) is 2.12. The molecule has 0 radical (unpaired) electrons. The molecule has 122 valence electrons. The van der Waals surface area contributed by atoms with E-state index in [9.17, 15) is 13.2 Å². The van der Waals surface area contributed by atoms with Crippen molar-refractivity contribution in [2.24, 2.45) is 0 Å². The van der Waals surface area contributed by atoms with Gasteiger partial charge in [0.2, 0.25) is 5.91 Å². The van der Waals surface area contributed by atoms with Crippen LogP contribution in [0.3, 0.4) is 0 Å². The highest BCUT2D eigenvalue weighted by Gasteiger charge is 2.19. The lowest BCUT2D eigenvalue weighted by molar-refractivity contribution is -0.114. The Morgan fingerprint density at radius 2 is 1.61 bits per heavy atom. The smallest absolute Gasteiger partial charge is 0.339 e. The first-order valence-corrected chi connectivity index (χ1v) is 8.56. The normalized spacial score (nSPS) is 11.1. The zero-order valence-corrected chi connectivity index (χ0v) is 14.5. The number of benzene rings is 2. The van der Waals surface area contributed by atoms with Crippen LogP contribution in [0, 0.1) is 13.8 Å². The lowest BCUT2D eigenvalue weighted by atomic mass is 10.1. The van der Waals surface area contributed by atoms with Gasteiger partial charge in [-0.25, -0.2) is 0 Å². The van der Waals surface area contributed by atoms with Gasteiger partial charge in [-0.05, 0) is 61.4 Å². The van der Waals surface area contributed by atoms with Crippen LogP contribution in [-0.4, -0.2) is 14.3 Å². The van der Waals surface area contributed by atoms with Gasteiger partial charge in [0, 0.05) is 17.6 Å². The fraction of sp³-hybridized carbons (Fsp3) is 0.188. The van der Waals surface area contributed by atoms with Gasteiger partial charge in [0.15, 0.2) is 0 Å². The molecule has 2 aromatic carbocycles. The average molecular weight is 354 g/mol. The summed E-state index contributed by atoms with van der Waals surface area (Å²) in [5, 5.41) is 3.10. The third kappa shape index (κ3) is 4.24. The summed E-state index contributed by atoms with van der Waals surface area (Å²) in [6.45, 7) is 4.83. The molecule has 0 atom stereocenters. The van der Waals surface area contributed by atoms with Crippen LogP contribution in [0.5, 0.6) is 5.75 Å². The number of carbonyl (C=O) groups excluding carboxylic acids is 1. The van der Waals surface area contributed by atoms with Crippen LogP contribution in [-0.2, 0) is 14.9 Å². The molecule has 0 unspecified atom stereocenters. The Labute approximate surface area is 140 Å². The van der Waals surface area contributed by atoms with Crippen LogP contribution in [0.2, 0.25) is 5.02 Å². The summed E-state index contributed by atoms with van der Waals surface area (Å²) in [6.07, 6.45) is 0. The number of amides is 1. The minimum atomic E-state index is -3.96. The monoisotopic (exact) mass is 353 g/mol. The van der Waals surface area contributed by atoms with E-state index in [4.69, 9.17) is 15.8 Å². The Bertz CT molecular complexity index is 822. The molecular weight excluding hydrogens is 338 g/mol. The first-order chi connectivity index (χ1) is 10.7.